The summed E-state index contributed by atoms with van der Waals surface area (Å²) < 4.78 is 5.26. The zero-order chi connectivity index (χ0) is 9.52. The Bertz CT molecular complexity index is 183. The van der Waals surface area contributed by atoms with E-state index in [1.807, 2.05) is 6.08 Å². The molecule has 0 aromatic rings. The molecular formula is C10H18N2O. The largest absolute Gasteiger partial charge is 0.378 e. The first-order valence-corrected chi connectivity index (χ1v) is 4.79. The second kappa shape index (κ2) is 5.75. The van der Waals surface area contributed by atoms with Crippen molar-refractivity contribution in [3.05, 3.63) is 12.7 Å². The fourth-order valence-electron chi connectivity index (χ4n) is 1.30. The van der Waals surface area contributed by atoms with Crippen LogP contribution in [0.4, 0.5) is 0 Å². The molecule has 3 heteroatoms. The van der Waals surface area contributed by atoms with Crippen LogP contribution in [0.25, 0.3) is 0 Å². The van der Waals surface area contributed by atoms with Gasteiger partial charge in [0.2, 0.25) is 0 Å². The molecule has 0 unspecified atom stereocenters. The summed E-state index contributed by atoms with van der Waals surface area (Å²) in [4.78, 5) is 6.72. The number of morpholine rings is 1. The van der Waals surface area contributed by atoms with Gasteiger partial charge in [0, 0.05) is 19.6 Å². The minimum atomic E-state index is 0.828. The highest BCUT2D eigenvalue weighted by atomic mass is 16.5. The van der Waals surface area contributed by atoms with Gasteiger partial charge in [-0.05, 0) is 13.3 Å². The molecule has 3 nitrogen and oxygen atoms in total. The minimum absolute atomic E-state index is 0.828. The van der Waals surface area contributed by atoms with Crippen molar-refractivity contribution in [3.8, 4) is 0 Å². The maximum atomic E-state index is 5.26. The molecule has 0 atom stereocenters. The van der Waals surface area contributed by atoms with Crippen molar-refractivity contribution in [2.75, 3.05) is 32.8 Å². The summed E-state index contributed by atoms with van der Waals surface area (Å²) in [5.74, 6) is 1.13. The topological polar surface area (TPSA) is 24.8 Å². The average molecular weight is 182 g/mol. The molecule has 1 saturated heterocycles. The predicted octanol–water partition coefficient (Wildman–Crippen LogP) is 1.31. The van der Waals surface area contributed by atoms with Gasteiger partial charge in [0.1, 0.15) is 0 Å². The molecule has 0 radical (unpaired) electrons. The van der Waals surface area contributed by atoms with Crippen molar-refractivity contribution >= 4 is 5.84 Å². The molecule has 1 aliphatic heterocycles. The lowest BCUT2D eigenvalue weighted by molar-refractivity contribution is 0.0677. The maximum Gasteiger partial charge on any atom is 0.0959 e. The first-order chi connectivity index (χ1) is 6.34. The molecule has 1 rings (SSSR count). The molecule has 0 aliphatic carbocycles. The lowest BCUT2D eigenvalue weighted by Crippen LogP contribution is -2.39. The van der Waals surface area contributed by atoms with Crippen LogP contribution >= 0.6 is 0 Å². The number of rotatable bonds is 3. The Morgan fingerprint density at radius 1 is 1.54 bits per heavy atom. The van der Waals surface area contributed by atoms with Gasteiger partial charge in [-0.2, -0.15) is 0 Å². The third-order valence-electron chi connectivity index (χ3n) is 2.14. The van der Waals surface area contributed by atoms with E-state index in [-0.39, 0.29) is 0 Å². The number of hydrogen-bond donors (Lipinski definition) is 0. The Kier molecular flexibility index (Phi) is 4.54. The van der Waals surface area contributed by atoms with Crippen LogP contribution in [0.15, 0.2) is 17.6 Å². The standard InChI is InChI=1S/C10H18N2O/c1-3-4-5-11-10(2)12-6-8-13-9-7-12/h3H,1,4-9H2,2H3. The van der Waals surface area contributed by atoms with Gasteiger partial charge in [-0.1, -0.05) is 6.08 Å². The van der Waals surface area contributed by atoms with Crippen molar-refractivity contribution in [1.29, 1.82) is 0 Å². The molecule has 1 fully saturated rings. The summed E-state index contributed by atoms with van der Waals surface area (Å²) in [5.41, 5.74) is 0. The average Bonchev–Trinajstić information content (AvgIpc) is 2.19. The summed E-state index contributed by atoms with van der Waals surface area (Å²) in [7, 11) is 0. The van der Waals surface area contributed by atoms with Crippen LogP contribution < -0.4 is 0 Å². The van der Waals surface area contributed by atoms with Gasteiger partial charge >= 0.3 is 0 Å². The fourth-order valence-corrected chi connectivity index (χ4v) is 1.30. The number of amidine groups is 1. The molecule has 74 valence electrons. The van der Waals surface area contributed by atoms with E-state index in [4.69, 9.17) is 4.74 Å². The van der Waals surface area contributed by atoms with Crippen LogP contribution in [0.5, 0.6) is 0 Å². The lowest BCUT2D eigenvalue weighted by Gasteiger charge is -2.28. The predicted molar refractivity (Wildman–Crippen MR) is 55.2 cm³/mol. The van der Waals surface area contributed by atoms with Crippen LogP contribution in [0.1, 0.15) is 13.3 Å². The van der Waals surface area contributed by atoms with Gasteiger partial charge in [-0.25, -0.2) is 0 Å². The van der Waals surface area contributed by atoms with E-state index < -0.39 is 0 Å². The zero-order valence-electron chi connectivity index (χ0n) is 8.33. The van der Waals surface area contributed by atoms with Crippen molar-refractivity contribution in [2.45, 2.75) is 13.3 Å². The SMILES string of the molecule is C=CCCN=C(C)N1CCOCC1. The van der Waals surface area contributed by atoms with Crippen LogP contribution in [0.3, 0.4) is 0 Å². The quantitative estimate of drug-likeness (QED) is 0.284. The van der Waals surface area contributed by atoms with Crippen LogP contribution in [0.2, 0.25) is 0 Å². The second-order valence-corrected chi connectivity index (χ2v) is 3.11. The Balaban J connectivity index is 2.30. The van der Waals surface area contributed by atoms with E-state index in [0.29, 0.717) is 0 Å². The molecule has 0 N–H and O–H groups in total. The number of hydrogen-bond acceptors (Lipinski definition) is 2. The van der Waals surface area contributed by atoms with Crippen LogP contribution in [-0.2, 0) is 4.74 Å². The van der Waals surface area contributed by atoms with Crippen molar-refractivity contribution < 1.29 is 4.74 Å². The number of ether oxygens (including phenoxy) is 1. The molecule has 0 spiro atoms. The smallest absolute Gasteiger partial charge is 0.0959 e. The zero-order valence-corrected chi connectivity index (χ0v) is 8.33. The van der Waals surface area contributed by atoms with Crippen molar-refractivity contribution in [3.63, 3.8) is 0 Å². The van der Waals surface area contributed by atoms with Gasteiger partial charge < -0.3 is 9.64 Å². The summed E-state index contributed by atoms with van der Waals surface area (Å²) in [6, 6.07) is 0. The van der Waals surface area contributed by atoms with Crippen LogP contribution in [-0.4, -0.2) is 43.6 Å². The summed E-state index contributed by atoms with van der Waals surface area (Å²) in [6.07, 6.45) is 2.86. The summed E-state index contributed by atoms with van der Waals surface area (Å²) in [5, 5.41) is 0. The minimum Gasteiger partial charge on any atom is -0.378 e. The van der Waals surface area contributed by atoms with Crippen LogP contribution in [0, 0.1) is 0 Å². The molecule has 1 heterocycles. The Hall–Kier alpha value is -0.830. The van der Waals surface area contributed by atoms with Crippen molar-refractivity contribution in [2.24, 2.45) is 4.99 Å². The Labute approximate surface area is 80.1 Å². The molecule has 0 aromatic heterocycles. The molecule has 0 aromatic carbocycles. The molecule has 13 heavy (non-hydrogen) atoms. The molecule has 0 amide bonds. The first-order valence-electron chi connectivity index (χ1n) is 4.79. The molecule has 1 aliphatic rings. The van der Waals surface area contributed by atoms with E-state index in [2.05, 4.69) is 23.4 Å². The van der Waals surface area contributed by atoms with E-state index in [1.54, 1.807) is 0 Å². The van der Waals surface area contributed by atoms with E-state index >= 15 is 0 Å². The molecule has 0 saturated carbocycles. The third kappa shape index (κ3) is 3.59. The lowest BCUT2D eigenvalue weighted by atomic mass is 10.4. The maximum absolute atomic E-state index is 5.26. The Morgan fingerprint density at radius 3 is 2.85 bits per heavy atom. The first kappa shape index (κ1) is 10.3. The normalized spacial score (nSPS) is 18.8. The van der Waals surface area contributed by atoms with E-state index in [0.717, 1.165) is 45.1 Å². The highest BCUT2D eigenvalue weighted by Gasteiger charge is 2.10. The Morgan fingerprint density at radius 2 is 2.23 bits per heavy atom. The van der Waals surface area contributed by atoms with Gasteiger partial charge in [0.25, 0.3) is 0 Å². The van der Waals surface area contributed by atoms with E-state index in [1.165, 1.54) is 0 Å². The van der Waals surface area contributed by atoms with Gasteiger partial charge in [0.15, 0.2) is 0 Å². The number of aliphatic imine (C=N–C) groups is 1. The molecular weight excluding hydrogens is 164 g/mol. The number of nitrogens with zero attached hydrogens (tertiary/aromatic N) is 2. The monoisotopic (exact) mass is 182 g/mol. The second-order valence-electron chi connectivity index (χ2n) is 3.11. The van der Waals surface area contributed by atoms with Crippen molar-refractivity contribution in [1.82, 2.24) is 4.90 Å². The highest BCUT2D eigenvalue weighted by molar-refractivity contribution is 5.79. The summed E-state index contributed by atoms with van der Waals surface area (Å²) in [6.45, 7) is 10.2. The van der Waals surface area contributed by atoms with E-state index in [9.17, 15) is 0 Å². The van der Waals surface area contributed by atoms with Gasteiger partial charge in [-0.15, -0.1) is 6.58 Å². The fraction of sp³-hybridized carbons (Fsp3) is 0.700. The molecule has 0 bridgehead atoms. The summed E-state index contributed by atoms with van der Waals surface area (Å²) >= 11 is 0. The van der Waals surface area contributed by atoms with Gasteiger partial charge in [0.05, 0.1) is 19.0 Å². The third-order valence-corrected chi connectivity index (χ3v) is 2.14. The van der Waals surface area contributed by atoms with Gasteiger partial charge in [-0.3, -0.25) is 4.99 Å². The highest BCUT2D eigenvalue weighted by Crippen LogP contribution is 1.98.